The lowest BCUT2D eigenvalue weighted by atomic mass is 9.71. The highest BCUT2D eigenvalue weighted by Crippen LogP contribution is 2.45. The molecule has 2 fully saturated rings. The minimum atomic E-state index is -3.05. The number of piperidine rings is 1. The van der Waals surface area contributed by atoms with E-state index in [0.29, 0.717) is 49.4 Å². The maximum absolute atomic E-state index is 15.6. The van der Waals surface area contributed by atoms with Gasteiger partial charge in [-0.15, -0.1) is 0 Å². The predicted octanol–water partition coefficient (Wildman–Crippen LogP) is 4.26. The molecule has 0 aliphatic carbocycles. The molecule has 37 heavy (non-hydrogen) atoms. The molecule has 0 radical (unpaired) electrons. The number of anilines is 1. The molecule has 2 aromatic carbocycles. The van der Waals surface area contributed by atoms with Crippen LogP contribution in [0.2, 0.25) is 0 Å². The van der Waals surface area contributed by atoms with Gasteiger partial charge in [0.2, 0.25) is 0 Å². The molecule has 200 valence electrons. The second-order valence-electron chi connectivity index (χ2n) is 10.9. The molecule has 0 bridgehead atoms. The van der Waals surface area contributed by atoms with Crippen LogP contribution in [0.4, 0.5) is 23.2 Å². The van der Waals surface area contributed by atoms with Crippen LogP contribution < -0.4 is 4.90 Å². The number of aromatic hydroxyl groups is 1. The minimum absolute atomic E-state index is 0.00838. The molecule has 0 aromatic heterocycles. The Morgan fingerprint density at radius 1 is 1.08 bits per heavy atom. The lowest BCUT2D eigenvalue weighted by Gasteiger charge is -2.55. The number of carboxylic acids is 1. The zero-order valence-electron chi connectivity index (χ0n) is 20.7. The van der Waals surface area contributed by atoms with Crippen molar-refractivity contribution in [2.45, 2.75) is 38.2 Å². The van der Waals surface area contributed by atoms with Crippen molar-refractivity contribution < 1.29 is 32.6 Å². The average molecular weight is 522 g/mol. The maximum atomic E-state index is 15.6. The number of benzene rings is 2. The van der Waals surface area contributed by atoms with Gasteiger partial charge in [-0.25, -0.2) is 17.6 Å². The molecule has 0 amide bonds. The van der Waals surface area contributed by atoms with Crippen LogP contribution >= 0.6 is 0 Å². The van der Waals surface area contributed by atoms with Gasteiger partial charge in [0, 0.05) is 43.2 Å². The largest absolute Gasteiger partial charge is 0.508 e. The number of rotatable bonds is 6. The molecular formula is C27H31F4N3O3. The van der Waals surface area contributed by atoms with Gasteiger partial charge in [0.25, 0.3) is 5.92 Å². The van der Waals surface area contributed by atoms with E-state index in [4.69, 9.17) is 5.11 Å². The molecule has 1 atom stereocenters. The molecular weight excluding hydrogens is 490 g/mol. The first-order valence-corrected chi connectivity index (χ1v) is 12.5. The van der Waals surface area contributed by atoms with Gasteiger partial charge >= 0.3 is 5.97 Å². The molecule has 2 N–H and O–H groups in total. The van der Waals surface area contributed by atoms with Gasteiger partial charge in [-0.2, -0.15) is 0 Å². The zero-order valence-corrected chi connectivity index (χ0v) is 20.7. The second kappa shape index (κ2) is 9.47. The van der Waals surface area contributed by atoms with Crippen LogP contribution in [0, 0.1) is 17.0 Å². The van der Waals surface area contributed by atoms with E-state index in [1.54, 1.807) is 6.07 Å². The molecule has 1 unspecified atom stereocenters. The summed E-state index contributed by atoms with van der Waals surface area (Å²) in [5.74, 6) is -5.46. The third-order valence-electron chi connectivity index (χ3n) is 7.97. The van der Waals surface area contributed by atoms with Crippen LogP contribution in [0.15, 0.2) is 30.3 Å². The van der Waals surface area contributed by atoms with E-state index >= 15 is 8.78 Å². The number of aliphatic carboxylic acids is 1. The van der Waals surface area contributed by atoms with E-state index < -0.39 is 36.1 Å². The Morgan fingerprint density at radius 3 is 2.32 bits per heavy atom. The van der Waals surface area contributed by atoms with E-state index in [1.807, 2.05) is 9.80 Å². The molecule has 3 heterocycles. The Kier molecular flexibility index (Phi) is 6.60. The number of carboxylic acid groups (broad SMARTS) is 1. The molecule has 10 heteroatoms. The molecule has 6 nitrogen and oxygen atoms in total. The molecule has 3 aliphatic heterocycles. The fraction of sp³-hybridized carbons (Fsp3) is 0.519. The second-order valence-corrected chi connectivity index (χ2v) is 10.9. The van der Waals surface area contributed by atoms with E-state index in [-0.39, 0.29) is 29.8 Å². The van der Waals surface area contributed by atoms with Crippen LogP contribution in [-0.4, -0.2) is 77.7 Å². The Bertz CT molecular complexity index is 1160. The number of likely N-dealkylation sites (tertiary alicyclic amines) is 1. The number of phenolic OH excluding ortho intramolecular Hbond substituents is 1. The summed E-state index contributed by atoms with van der Waals surface area (Å²) < 4.78 is 59.2. The monoisotopic (exact) mass is 521 g/mol. The molecule has 0 saturated carbocycles. The van der Waals surface area contributed by atoms with E-state index in [2.05, 4.69) is 0 Å². The van der Waals surface area contributed by atoms with Gasteiger partial charge in [-0.3, -0.25) is 14.6 Å². The van der Waals surface area contributed by atoms with Crippen LogP contribution in [0.1, 0.15) is 42.5 Å². The number of hydrogen-bond donors (Lipinski definition) is 2. The fourth-order valence-corrected chi connectivity index (χ4v) is 6.18. The van der Waals surface area contributed by atoms with Crippen LogP contribution in [0.3, 0.4) is 0 Å². The minimum Gasteiger partial charge on any atom is -0.508 e. The first-order chi connectivity index (χ1) is 17.4. The third-order valence-corrected chi connectivity index (χ3v) is 7.97. The number of alkyl halides is 2. The molecule has 3 aliphatic rings. The number of fused-ring (bicyclic) bond motifs is 1. The highest BCUT2D eigenvalue weighted by molar-refractivity contribution is 5.69. The lowest BCUT2D eigenvalue weighted by molar-refractivity contribution is -0.139. The standard InChI is InChI=1S/C27H31F4N3O3/c1-26(30,31)14-33-7-4-17-10-19(35)2-3-20(17)25(33)24-21(28)11-18(12-22(24)29)34-15-27(16-34)5-8-32(9-6-27)13-23(36)37/h2-3,10-12,25,35H,4-9,13-16H2,1H3,(H,36,37). The van der Waals surface area contributed by atoms with E-state index in [0.717, 1.165) is 19.8 Å². The van der Waals surface area contributed by atoms with Crippen LogP contribution in [0.5, 0.6) is 5.75 Å². The highest BCUT2D eigenvalue weighted by Gasteiger charge is 2.45. The van der Waals surface area contributed by atoms with Crippen molar-refractivity contribution in [3.63, 3.8) is 0 Å². The molecule has 2 aromatic rings. The summed E-state index contributed by atoms with van der Waals surface area (Å²) in [5, 5.41) is 18.9. The van der Waals surface area contributed by atoms with E-state index in [1.165, 1.54) is 29.2 Å². The summed E-state index contributed by atoms with van der Waals surface area (Å²) in [6.07, 6.45) is 2.04. The smallest absolute Gasteiger partial charge is 0.317 e. The first kappa shape index (κ1) is 25.8. The van der Waals surface area contributed by atoms with Gasteiger partial charge < -0.3 is 15.1 Å². The first-order valence-electron chi connectivity index (χ1n) is 12.5. The van der Waals surface area contributed by atoms with Gasteiger partial charge in [0.15, 0.2) is 0 Å². The molecule has 2 saturated heterocycles. The summed E-state index contributed by atoms with van der Waals surface area (Å²) in [6, 6.07) is 6.01. The summed E-state index contributed by atoms with van der Waals surface area (Å²) in [6.45, 7) is 2.95. The fourth-order valence-electron chi connectivity index (χ4n) is 6.18. The van der Waals surface area contributed by atoms with Gasteiger partial charge in [-0.1, -0.05) is 6.07 Å². The number of halogens is 4. The van der Waals surface area contributed by atoms with Gasteiger partial charge in [0.1, 0.15) is 17.4 Å². The number of carbonyl (C=O) groups is 1. The number of nitrogens with zero attached hydrogens (tertiary/aromatic N) is 3. The third kappa shape index (κ3) is 5.27. The SMILES string of the molecule is CC(F)(F)CN1CCc2cc(O)ccc2C1c1c(F)cc(N2CC3(CCN(CC(=O)O)CC3)C2)cc1F. The Balaban J connectivity index is 1.38. The van der Waals surface area contributed by atoms with Crippen molar-refractivity contribution >= 4 is 11.7 Å². The Labute approximate surface area is 213 Å². The highest BCUT2D eigenvalue weighted by atomic mass is 19.3. The topological polar surface area (TPSA) is 67.2 Å². The summed E-state index contributed by atoms with van der Waals surface area (Å²) >= 11 is 0. The lowest BCUT2D eigenvalue weighted by Crippen LogP contribution is -2.60. The van der Waals surface area contributed by atoms with Crippen LogP contribution in [0.25, 0.3) is 0 Å². The van der Waals surface area contributed by atoms with Crippen molar-refractivity contribution in [1.82, 2.24) is 9.80 Å². The number of hydrogen-bond acceptors (Lipinski definition) is 5. The Hall–Kier alpha value is -2.85. The van der Waals surface area contributed by atoms with Crippen molar-refractivity contribution in [1.29, 1.82) is 0 Å². The normalized spacial score (nSPS) is 22.1. The average Bonchev–Trinajstić information content (AvgIpc) is 2.77. The zero-order chi connectivity index (χ0) is 26.5. The van der Waals surface area contributed by atoms with Crippen LogP contribution in [-0.2, 0) is 11.2 Å². The maximum Gasteiger partial charge on any atom is 0.317 e. The van der Waals surface area contributed by atoms with Crippen molar-refractivity contribution in [2.24, 2.45) is 5.41 Å². The summed E-state index contributed by atoms with van der Waals surface area (Å²) in [7, 11) is 0. The Morgan fingerprint density at radius 2 is 1.73 bits per heavy atom. The predicted molar refractivity (Wildman–Crippen MR) is 130 cm³/mol. The number of phenols is 1. The van der Waals surface area contributed by atoms with Gasteiger partial charge in [0.05, 0.1) is 19.1 Å². The van der Waals surface area contributed by atoms with Crippen molar-refractivity contribution in [3.05, 3.63) is 58.7 Å². The molecule has 5 rings (SSSR count). The summed E-state index contributed by atoms with van der Waals surface area (Å²) in [5.41, 5.74) is 1.34. The summed E-state index contributed by atoms with van der Waals surface area (Å²) in [4.78, 5) is 16.2. The van der Waals surface area contributed by atoms with Crippen molar-refractivity contribution in [3.8, 4) is 5.75 Å². The molecule has 1 spiro atoms. The van der Waals surface area contributed by atoms with Crippen molar-refractivity contribution in [2.75, 3.05) is 50.7 Å². The van der Waals surface area contributed by atoms with Gasteiger partial charge in [-0.05, 0) is 67.7 Å². The van der Waals surface area contributed by atoms with E-state index in [9.17, 15) is 18.7 Å². The quantitative estimate of drug-likeness (QED) is 0.554.